The molecule has 5 nitrogen and oxygen atoms in total. The third-order valence-electron chi connectivity index (χ3n) is 2.32. The Balaban J connectivity index is 2.28. The average Bonchev–Trinajstić information content (AvgIpc) is 2.68. The summed E-state index contributed by atoms with van der Waals surface area (Å²) < 4.78 is 36.1. The van der Waals surface area contributed by atoms with Gasteiger partial charge in [-0.05, 0) is 25.1 Å². The third-order valence-corrected chi connectivity index (χ3v) is 6.03. The molecule has 0 aliphatic carbocycles. The lowest BCUT2D eigenvalue weighted by molar-refractivity contribution is 0.102. The van der Waals surface area contributed by atoms with E-state index in [4.69, 9.17) is 10.7 Å². The minimum Gasteiger partial charge on any atom is -0.298 e. The van der Waals surface area contributed by atoms with Gasteiger partial charge in [0, 0.05) is 20.7 Å². The average molecular weight is 414 g/mol. The van der Waals surface area contributed by atoms with Crippen molar-refractivity contribution in [2.75, 3.05) is 5.32 Å². The van der Waals surface area contributed by atoms with Crippen LogP contribution in [0.3, 0.4) is 0 Å². The molecule has 0 atom stereocenters. The highest BCUT2D eigenvalue weighted by Crippen LogP contribution is 2.30. The van der Waals surface area contributed by atoms with E-state index in [0.717, 1.165) is 17.4 Å². The summed E-state index contributed by atoms with van der Waals surface area (Å²) in [4.78, 5) is 15.9. The van der Waals surface area contributed by atoms with E-state index in [1.165, 1.54) is 19.1 Å². The molecular formula is C11H7BrClFN2O3S2. The van der Waals surface area contributed by atoms with Crippen molar-refractivity contribution in [3.63, 3.8) is 0 Å². The minimum atomic E-state index is -3.92. The predicted octanol–water partition coefficient (Wildman–Crippen LogP) is 3.53. The molecule has 2 aromatic rings. The third kappa shape index (κ3) is 4.00. The van der Waals surface area contributed by atoms with Crippen LogP contribution in [0.2, 0.25) is 0 Å². The standard InChI is InChI=1S/C11H7BrClFN2O3S2/c1-5-10(21(13,18)19)20-11(15-5)16-9(17)6-2-7(12)4-8(14)3-6/h2-4H,1H3,(H,15,16,17). The summed E-state index contributed by atoms with van der Waals surface area (Å²) in [5, 5.41) is 2.47. The molecule has 0 aliphatic heterocycles. The smallest absolute Gasteiger partial charge is 0.272 e. The van der Waals surface area contributed by atoms with Crippen LogP contribution in [0.15, 0.2) is 26.9 Å². The number of nitrogens with one attached hydrogen (secondary N) is 1. The number of hydrogen-bond donors (Lipinski definition) is 1. The first-order valence-corrected chi connectivity index (χ1v) is 9.28. The Bertz CT molecular complexity index is 803. The number of anilines is 1. The van der Waals surface area contributed by atoms with E-state index >= 15 is 0 Å². The molecule has 112 valence electrons. The fraction of sp³-hybridized carbons (Fsp3) is 0.0909. The molecule has 0 spiro atoms. The fourth-order valence-electron chi connectivity index (χ4n) is 1.52. The molecule has 1 N–H and O–H groups in total. The first kappa shape index (κ1) is 16.3. The molecule has 0 unspecified atom stereocenters. The van der Waals surface area contributed by atoms with Crippen LogP contribution in [-0.4, -0.2) is 19.3 Å². The van der Waals surface area contributed by atoms with E-state index in [2.05, 4.69) is 26.2 Å². The van der Waals surface area contributed by atoms with Gasteiger partial charge in [0.15, 0.2) is 9.34 Å². The van der Waals surface area contributed by atoms with Crippen molar-refractivity contribution in [1.29, 1.82) is 0 Å². The maximum atomic E-state index is 13.2. The predicted molar refractivity (Wildman–Crippen MR) is 81.9 cm³/mol. The first-order valence-electron chi connectivity index (χ1n) is 5.36. The zero-order valence-electron chi connectivity index (χ0n) is 10.4. The van der Waals surface area contributed by atoms with Crippen molar-refractivity contribution in [1.82, 2.24) is 4.98 Å². The van der Waals surface area contributed by atoms with Crippen molar-refractivity contribution < 1.29 is 17.6 Å². The molecule has 10 heteroatoms. The number of carbonyl (C=O) groups excluding carboxylic acids is 1. The van der Waals surface area contributed by atoms with Gasteiger partial charge in [-0.25, -0.2) is 17.8 Å². The zero-order chi connectivity index (χ0) is 15.8. The van der Waals surface area contributed by atoms with Crippen molar-refractivity contribution in [2.24, 2.45) is 0 Å². The van der Waals surface area contributed by atoms with Gasteiger partial charge in [-0.1, -0.05) is 27.3 Å². The van der Waals surface area contributed by atoms with E-state index in [0.29, 0.717) is 4.47 Å². The van der Waals surface area contributed by atoms with E-state index in [-0.39, 0.29) is 20.6 Å². The van der Waals surface area contributed by atoms with Gasteiger partial charge in [0.1, 0.15) is 5.82 Å². The normalized spacial score (nSPS) is 11.4. The van der Waals surface area contributed by atoms with Gasteiger partial charge in [0.25, 0.3) is 15.0 Å². The summed E-state index contributed by atoms with van der Waals surface area (Å²) in [6.07, 6.45) is 0. The Morgan fingerprint density at radius 2 is 2.10 bits per heavy atom. The van der Waals surface area contributed by atoms with Crippen LogP contribution < -0.4 is 5.32 Å². The number of hydrogen-bond acceptors (Lipinski definition) is 5. The van der Waals surface area contributed by atoms with Crippen LogP contribution in [0.1, 0.15) is 16.1 Å². The van der Waals surface area contributed by atoms with Crippen LogP contribution in [0, 0.1) is 12.7 Å². The van der Waals surface area contributed by atoms with Crippen molar-refractivity contribution in [3.8, 4) is 0 Å². The summed E-state index contributed by atoms with van der Waals surface area (Å²) in [5.74, 6) is -1.18. The maximum absolute atomic E-state index is 13.2. The van der Waals surface area contributed by atoms with Crippen molar-refractivity contribution in [2.45, 2.75) is 11.1 Å². The Morgan fingerprint density at radius 3 is 2.62 bits per heavy atom. The number of aryl methyl sites for hydroxylation is 1. The second-order valence-electron chi connectivity index (χ2n) is 3.94. The lowest BCUT2D eigenvalue weighted by Crippen LogP contribution is -2.12. The summed E-state index contributed by atoms with van der Waals surface area (Å²) in [6.45, 7) is 1.46. The highest BCUT2D eigenvalue weighted by Gasteiger charge is 2.20. The first-order chi connectivity index (χ1) is 9.66. The molecule has 0 aliphatic rings. The number of aromatic nitrogens is 1. The summed E-state index contributed by atoms with van der Waals surface area (Å²) in [5.41, 5.74) is 0.260. The molecule has 1 heterocycles. The van der Waals surface area contributed by atoms with Gasteiger partial charge in [-0.2, -0.15) is 0 Å². The number of amides is 1. The second kappa shape index (κ2) is 5.99. The molecule has 1 amide bonds. The SMILES string of the molecule is Cc1nc(NC(=O)c2cc(F)cc(Br)c2)sc1S(=O)(=O)Cl. The summed E-state index contributed by atoms with van der Waals surface area (Å²) >= 11 is 3.81. The highest BCUT2D eigenvalue weighted by molar-refractivity contribution is 9.10. The van der Waals surface area contributed by atoms with E-state index < -0.39 is 20.8 Å². The zero-order valence-corrected chi connectivity index (χ0v) is 14.3. The van der Waals surface area contributed by atoms with Gasteiger partial charge < -0.3 is 0 Å². The monoisotopic (exact) mass is 412 g/mol. The van der Waals surface area contributed by atoms with Gasteiger partial charge in [-0.15, -0.1) is 0 Å². The number of thiazole rings is 1. The fourth-order valence-corrected chi connectivity index (χ4v) is 4.33. The largest absolute Gasteiger partial charge is 0.298 e. The topological polar surface area (TPSA) is 76.1 Å². The quantitative estimate of drug-likeness (QED) is 0.781. The van der Waals surface area contributed by atoms with Crippen LogP contribution in [0.25, 0.3) is 0 Å². The second-order valence-corrected chi connectivity index (χ2v) is 8.62. The Hall–Kier alpha value is -1.03. The Labute approximate surface area is 136 Å². The molecule has 0 saturated carbocycles. The van der Waals surface area contributed by atoms with Crippen molar-refractivity contribution in [3.05, 3.63) is 39.7 Å². The number of benzene rings is 1. The molecule has 0 saturated heterocycles. The molecule has 0 bridgehead atoms. The maximum Gasteiger partial charge on any atom is 0.272 e. The molecule has 2 rings (SSSR count). The van der Waals surface area contributed by atoms with Crippen LogP contribution in [0.5, 0.6) is 0 Å². The van der Waals surface area contributed by atoms with Gasteiger partial charge in [0.2, 0.25) is 0 Å². The lowest BCUT2D eigenvalue weighted by Gasteiger charge is -2.02. The number of nitrogens with zero attached hydrogens (tertiary/aromatic N) is 1. The molecule has 21 heavy (non-hydrogen) atoms. The molecular weight excluding hydrogens is 407 g/mol. The molecule has 1 aromatic heterocycles. The van der Waals surface area contributed by atoms with Gasteiger partial charge in [0.05, 0.1) is 5.69 Å². The molecule has 0 fully saturated rings. The Morgan fingerprint density at radius 1 is 1.43 bits per heavy atom. The van der Waals surface area contributed by atoms with Crippen LogP contribution in [0.4, 0.5) is 9.52 Å². The summed E-state index contributed by atoms with van der Waals surface area (Å²) in [6, 6.07) is 3.69. The number of halogens is 3. The minimum absolute atomic E-state index is 0.0668. The van der Waals surface area contributed by atoms with Gasteiger partial charge in [-0.3, -0.25) is 10.1 Å². The van der Waals surface area contributed by atoms with E-state index in [1.807, 2.05) is 0 Å². The summed E-state index contributed by atoms with van der Waals surface area (Å²) in [7, 11) is 1.33. The molecule has 1 aromatic carbocycles. The lowest BCUT2D eigenvalue weighted by atomic mass is 10.2. The van der Waals surface area contributed by atoms with Crippen molar-refractivity contribution >= 4 is 58.0 Å². The molecule has 0 radical (unpaired) electrons. The number of rotatable bonds is 3. The van der Waals surface area contributed by atoms with E-state index in [1.54, 1.807) is 0 Å². The highest BCUT2D eigenvalue weighted by atomic mass is 79.9. The number of carbonyl (C=O) groups is 1. The van der Waals surface area contributed by atoms with E-state index in [9.17, 15) is 17.6 Å². The van der Waals surface area contributed by atoms with Crippen LogP contribution in [-0.2, 0) is 9.05 Å². The van der Waals surface area contributed by atoms with Crippen LogP contribution >= 0.6 is 37.9 Å². The Kier molecular flexibility index (Phi) is 4.66. The van der Waals surface area contributed by atoms with Gasteiger partial charge >= 0.3 is 0 Å².